The van der Waals surface area contributed by atoms with E-state index in [4.69, 9.17) is 4.74 Å². The summed E-state index contributed by atoms with van der Waals surface area (Å²) in [4.78, 5) is 7.63. The zero-order valence-corrected chi connectivity index (χ0v) is 16.2. The number of rotatable bonds is 6. The Labute approximate surface area is 174 Å². The Kier molecular flexibility index (Phi) is 4.84. The molecule has 0 saturated carbocycles. The quantitative estimate of drug-likeness (QED) is 0.286. The molecule has 0 amide bonds. The molecule has 0 spiro atoms. The monoisotopic (exact) mass is 392 g/mol. The fourth-order valence-corrected chi connectivity index (χ4v) is 3.44. The molecule has 0 aliphatic carbocycles. The molecule has 0 bridgehead atoms. The smallest absolute Gasteiger partial charge is 0.222 e. The molecule has 0 fully saturated rings. The summed E-state index contributed by atoms with van der Waals surface area (Å²) in [5, 5.41) is 6.72. The first-order valence-corrected chi connectivity index (χ1v) is 9.78. The van der Waals surface area contributed by atoms with Gasteiger partial charge < -0.3 is 9.72 Å². The number of H-pyrrole nitrogens is 1. The van der Waals surface area contributed by atoms with Gasteiger partial charge in [-0.05, 0) is 46.2 Å². The predicted molar refractivity (Wildman–Crippen MR) is 122 cm³/mol. The number of aromatic nitrogens is 2. The van der Waals surface area contributed by atoms with Crippen molar-refractivity contribution in [3.05, 3.63) is 102 Å². The average molecular weight is 392 g/mol. The average Bonchev–Trinajstić information content (AvgIpc) is 3.21. The molecule has 0 aliphatic rings. The Hall–Kier alpha value is -4.12. The second-order valence-corrected chi connectivity index (χ2v) is 6.97. The summed E-state index contributed by atoms with van der Waals surface area (Å²) < 4.78 is 6.04. The Bertz CT molecular complexity index is 1300. The molecule has 5 heteroatoms. The Morgan fingerprint density at radius 3 is 2.70 bits per heavy atom. The molecule has 30 heavy (non-hydrogen) atoms. The number of nitrogens with one attached hydrogen (secondary N) is 2. The lowest BCUT2D eigenvalue weighted by Crippen LogP contribution is -1.97. The number of ether oxygens (including phenoxy) is 1. The Balaban J connectivity index is 1.26. The maximum absolute atomic E-state index is 6.04. The lowest BCUT2D eigenvalue weighted by molar-refractivity contribution is 0.307. The normalized spacial score (nSPS) is 11.3. The van der Waals surface area contributed by atoms with Crippen molar-refractivity contribution < 1.29 is 4.74 Å². The second kappa shape index (κ2) is 8.09. The van der Waals surface area contributed by atoms with Crippen LogP contribution in [0.25, 0.3) is 21.8 Å². The van der Waals surface area contributed by atoms with E-state index in [2.05, 4.69) is 63.0 Å². The van der Waals surface area contributed by atoms with Crippen LogP contribution in [0.15, 0.2) is 96.1 Å². The molecule has 4 aromatic carbocycles. The number of benzene rings is 4. The minimum atomic E-state index is 0.513. The summed E-state index contributed by atoms with van der Waals surface area (Å²) in [6, 6.07) is 30.4. The van der Waals surface area contributed by atoms with Crippen LogP contribution >= 0.6 is 0 Å². The molecule has 0 aliphatic heterocycles. The van der Waals surface area contributed by atoms with E-state index in [-0.39, 0.29) is 0 Å². The topological polar surface area (TPSA) is 62.3 Å². The lowest BCUT2D eigenvalue weighted by Gasteiger charge is -2.09. The highest BCUT2D eigenvalue weighted by molar-refractivity contribution is 5.85. The third-order valence-corrected chi connectivity index (χ3v) is 4.91. The first kappa shape index (κ1) is 17.9. The Morgan fingerprint density at radius 1 is 0.900 bits per heavy atom. The van der Waals surface area contributed by atoms with Gasteiger partial charge in [-0.15, -0.1) is 0 Å². The second-order valence-electron chi connectivity index (χ2n) is 6.97. The van der Waals surface area contributed by atoms with Gasteiger partial charge in [0.15, 0.2) is 0 Å². The molecule has 1 aromatic heterocycles. The van der Waals surface area contributed by atoms with E-state index in [1.165, 1.54) is 16.3 Å². The van der Waals surface area contributed by atoms with Crippen LogP contribution < -0.4 is 10.2 Å². The van der Waals surface area contributed by atoms with Crippen molar-refractivity contribution in [1.29, 1.82) is 0 Å². The molecular formula is C25H20N4O. The van der Waals surface area contributed by atoms with Crippen molar-refractivity contribution in [2.45, 2.75) is 6.61 Å². The van der Waals surface area contributed by atoms with Crippen LogP contribution in [-0.4, -0.2) is 16.2 Å². The molecule has 0 radical (unpaired) electrons. The summed E-state index contributed by atoms with van der Waals surface area (Å²) in [7, 11) is 0. The summed E-state index contributed by atoms with van der Waals surface area (Å²) in [6.45, 7) is 0.513. The summed E-state index contributed by atoms with van der Waals surface area (Å²) in [5.74, 6) is 1.41. The number of hydrogen-bond donors (Lipinski definition) is 2. The van der Waals surface area contributed by atoms with E-state index in [1.54, 1.807) is 6.21 Å². The van der Waals surface area contributed by atoms with Crippen LogP contribution in [0.4, 0.5) is 5.95 Å². The molecule has 146 valence electrons. The number of aromatic amines is 1. The van der Waals surface area contributed by atoms with Gasteiger partial charge in [-0.2, -0.15) is 5.10 Å². The van der Waals surface area contributed by atoms with E-state index in [9.17, 15) is 0 Å². The van der Waals surface area contributed by atoms with Crippen molar-refractivity contribution in [2.24, 2.45) is 5.10 Å². The molecule has 2 N–H and O–H groups in total. The van der Waals surface area contributed by atoms with Crippen molar-refractivity contribution in [2.75, 3.05) is 5.43 Å². The fourth-order valence-electron chi connectivity index (χ4n) is 3.44. The molecular weight excluding hydrogens is 372 g/mol. The highest BCUT2D eigenvalue weighted by Gasteiger charge is 2.03. The fraction of sp³-hybridized carbons (Fsp3) is 0.0400. The first-order chi connectivity index (χ1) is 14.8. The number of anilines is 1. The van der Waals surface area contributed by atoms with Gasteiger partial charge in [-0.3, -0.25) is 0 Å². The van der Waals surface area contributed by atoms with Gasteiger partial charge in [0.25, 0.3) is 0 Å². The van der Waals surface area contributed by atoms with E-state index < -0.39 is 0 Å². The standard InChI is InChI=1S/C25H20N4O/c1-2-12-22-19(8-1)9-6-10-20(22)17-30-21-11-5-7-18(15-21)16-26-29-25-27-23-13-3-4-14-24(23)28-25/h1-16H,17H2,(H2,27,28,29)/b26-16+. The third-order valence-electron chi connectivity index (χ3n) is 4.91. The molecule has 1 heterocycles. The van der Waals surface area contributed by atoms with Crippen LogP contribution in [0.1, 0.15) is 11.1 Å². The van der Waals surface area contributed by atoms with Crippen molar-refractivity contribution in [1.82, 2.24) is 9.97 Å². The summed E-state index contributed by atoms with van der Waals surface area (Å²) >= 11 is 0. The highest BCUT2D eigenvalue weighted by Crippen LogP contribution is 2.21. The molecule has 5 rings (SSSR count). The van der Waals surface area contributed by atoms with Gasteiger partial charge in [-0.25, -0.2) is 10.4 Å². The molecule has 5 aromatic rings. The lowest BCUT2D eigenvalue weighted by atomic mass is 10.1. The number of hydrogen-bond acceptors (Lipinski definition) is 4. The number of para-hydroxylation sites is 2. The van der Waals surface area contributed by atoms with Crippen LogP contribution in [0, 0.1) is 0 Å². The largest absolute Gasteiger partial charge is 0.489 e. The number of nitrogens with zero attached hydrogens (tertiary/aromatic N) is 2. The van der Waals surface area contributed by atoms with Crippen molar-refractivity contribution in [3.63, 3.8) is 0 Å². The van der Waals surface area contributed by atoms with Crippen LogP contribution in [0.5, 0.6) is 5.75 Å². The van der Waals surface area contributed by atoms with Gasteiger partial charge in [0.2, 0.25) is 5.95 Å². The minimum Gasteiger partial charge on any atom is -0.489 e. The molecule has 0 unspecified atom stereocenters. The first-order valence-electron chi connectivity index (χ1n) is 9.78. The van der Waals surface area contributed by atoms with Crippen molar-refractivity contribution in [3.8, 4) is 5.75 Å². The number of hydrazone groups is 1. The predicted octanol–water partition coefficient (Wildman–Crippen LogP) is 5.74. The zero-order chi connectivity index (χ0) is 20.2. The van der Waals surface area contributed by atoms with Crippen LogP contribution in [-0.2, 0) is 6.61 Å². The van der Waals surface area contributed by atoms with Gasteiger partial charge >= 0.3 is 0 Å². The maximum atomic E-state index is 6.04. The molecule has 0 atom stereocenters. The summed E-state index contributed by atoms with van der Waals surface area (Å²) in [6.07, 6.45) is 1.75. The van der Waals surface area contributed by atoms with Crippen molar-refractivity contribution >= 4 is 34.0 Å². The zero-order valence-electron chi connectivity index (χ0n) is 16.2. The van der Waals surface area contributed by atoms with E-state index >= 15 is 0 Å². The molecule has 5 nitrogen and oxygen atoms in total. The summed E-state index contributed by atoms with van der Waals surface area (Å²) in [5.41, 5.74) is 6.92. The highest BCUT2D eigenvalue weighted by atomic mass is 16.5. The number of imidazole rings is 1. The van der Waals surface area contributed by atoms with E-state index in [0.29, 0.717) is 12.6 Å². The van der Waals surface area contributed by atoms with E-state index in [1.807, 2.05) is 48.5 Å². The van der Waals surface area contributed by atoms with Gasteiger partial charge in [0.05, 0.1) is 17.2 Å². The SMILES string of the molecule is C(=N\Nc1nc2ccccc2[nH]1)/c1cccc(OCc2cccc3ccccc23)c1. The minimum absolute atomic E-state index is 0.513. The van der Waals surface area contributed by atoms with E-state index in [0.717, 1.165) is 22.3 Å². The third kappa shape index (κ3) is 3.86. The number of fused-ring (bicyclic) bond motifs is 2. The Morgan fingerprint density at radius 2 is 1.73 bits per heavy atom. The van der Waals surface area contributed by atoms with Gasteiger partial charge in [0, 0.05) is 0 Å². The van der Waals surface area contributed by atoms with Gasteiger partial charge in [-0.1, -0.05) is 66.7 Å². The maximum Gasteiger partial charge on any atom is 0.222 e. The van der Waals surface area contributed by atoms with Crippen LogP contribution in [0.2, 0.25) is 0 Å². The van der Waals surface area contributed by atoms with Gasteiger partial charge in [0.1, 0.15) is 12.4 Å². The molecule has 0 saturated heterocycles. The van der Waals surface area contributed by atoms with Crippen LogP contribution in [0.3, 0.4) is 0 Å².